The number of carbonyl (C=O) groups excluding carboxylic acids is 2. The molecule has 0 aromatic heterocycles. The fourth-order valence-corrected chi connectivity index (χ4v) is 4.77. The average molecular weight is 505 g/mol. The highest BCUT2D eigenvalue weighted by atomic mass is 32.2. The number of nitrogens with zero attached hydrogens (tertiary/aromatic N) is 1. The van der Waals surface area contributed by atoms with Crippen LogP contribution in [0.2, 0.25) is 0 Å². The van der Waals surface area contributed by atoms with Gasteiger partial charge in [-0.15, -0.1) is 11.8 Å². The van der Waals surface area contributed by atoms with E-state index < -0.39 is 6.04 Å². The van der Waals surface area contributed by atoms with Crippen LogP contribution in [0.1, 0.15) is 36.5 Å². The van der Waals surface area contributed by atoms with Crippen LogP contribution in [0.3, 0.4) is 0 Å². The lowest BCUT2D eigenvalue weighted by atomic mass is 10.0. The summed E-state index contributed by atoms with van der Waals surface area (Å²) >= 11 is 1.56. The molecule has 190 valence electrons. The highest BCUT2D eigenvalue weighted by molar-refractivity contribution is 7.99. The second-order valence-corrected chi connectivity index (χ2v) is 9.68. The molecule has 0 radical (unpaired) electrons. The maximum atomic E-state index is 13.6. The normalized spacial score (nSPS) is 11.5. The van der Waals surface area contributed by atoms with Crippen molar-refractivity contribution < 1.29 is 14.3 Å². The Hall–Kier alpha value is -3.25. The predicted octanol–water partition coefficient (Wildman–Crippen LogP) is 5.48. The fourth-order valence-electron chi connectivity index (χ4n) is 3.90. The summed E-state index contributed by atoms with van der Waals surface area (Å²) in [6.07, 6.45) is 2.38. The Morgan fingerprint density at radius 2 is 1.53 bits per heavy atom. The number of amides is 2. The molecule has 1 N–H and O–H groups in total. The van der Waals surface area contributed by atoms with Gasteiger partial charge in [0.15, 0.2) is 0 Å². The first-order chi connectivity index (χ1) is 17.6. The summed E-state index contributed by atoms with van der Waals surface area (Å²) in [5.74, 6) is 1.68. The van der Waals surface area contributed by atoms with Crippen LogP contribution in [-0.2, 0) is 28.3 Å². The van der Waals surface area contributed by atoms with Crippen molar-refractivity contribution in [3.63, 3.8) is 0 Å². The van der Waals surface area contributed by atoms with Gasteiger partial charge in [0.2, 0.25) is 11.8 Å². The van der Waals surface area contributed by atoms with Crippen LogP contribution in [0.15, 0.2) is 84.9 Å². The van der Waals surface area contributed by atoms with Crippen molar-refractivity contribution in [3.05, 3.63) is 102 Å². The first-order valence-corrected chi connectivity index (χ1v) is 13.6. The van der Waals surface area contributed by atoms with Gasteiger partial charge in [0.25, 0.3) is 0 Å². The number of ether oxygens (including phenoxy) is 1. The van der Waals surface area contributed by atoms with Gasteiger partial charge in [-0.2, -0.15) is 0 Å². The van der Waals surface area contributed by atoms with E-state index in [4.69, 9.17) is 4.74 Å². The molecular weight excluding hydrogens is 468 g/mol. The SMILES string of the molecule is CCCCNC(=O)[C@H](Cc1ccccc1)N(Cc1ccccc1)C(=O)CSCc1ccc(OC)cc1. The van der Waals surface area contributed by atoms with Gasteiger partial charge in [-0.1, -0.05) is 86.1 Å². The van der Waals surface area contributed by atoms with E-state index in [-0.39, 0.29) is 11.8 Å². The van der Waals surface area contributed by atoms with E-state index in [1.807, 2.05) is 84.9 Å². The van der Waals surface area contributed by atoms with E-state index in [1.165, 1.54) is 0 Å². The van der Waals surface area contributed by atoms with E-state index in [9.17, 15) is 9.59 Å². The third-order valence-electron chi connectivity index (χ3n) is 5.95. The van der Waals surface area contributed by atoms with Crippen LogP contribution in [0.4, 0.5) is 0 Å². The Kier molecular flexibility index (Phi) is 11.4. The van der Waals surface area contributed by atoms with E-state index >= 15 is 0 Å². The third-order valence-corrected chi connectivity index (χ3v) is 6.94. The lowest BCUT2D eigenvalue weighted by Gasteiger charge is -2.31. The zero-order valence-electron chi connectivity index (χ0n) is 21.2. The summed E-state index contributed by atoms with van der Waals surface area (Å²) in [4.78, 5) is 28.8. The molecule has 5 nitrogen and oxygen atoms in total. The second kappa shape index (κ2) is 15.0. The maximum absolute atomic E-state index is 13.6. The summed E-state index contributed by atoms with van der Waals surface area (Å²) in [5, 5.41) is 3.07. The van der Waals surface area contributed by atoms with Crippen LogP contribution in [0.25, 0.3) is 0 Å². The Balaban J connectivity index is 1.78. The van der Waals surface area contributed by atoms with E-state index in [2.05, 4.69) is 12.2 Å². The molecule has 0 aliphatic carbocycles. The number of nitrogens with one attached hydrogen (secondary N) is 1. The van der Waals surface area contributed by atoms with Crippen molar-refractivity contribution in [3.8, 4) is 5.75 Å². The smallest absolute Gasteiger partial charge is 0.243 e. The Morgan fingerprint density at radius 3 is 2.14 bits per heavy atom. The lowest BCUT2D eigenvalue weighted by Crippen LogP contribution is -2.51. The minimum absolute atomic E-state index is 0.0380. The third kappa shape index (κ3) is 8.76. The number of rotatable bonds is 14. The van der Waals surface area contributed by atoms with Gasteiger partial charge in [0.05, 0.1) is 12.9 Å². The first-order valence-electron chi connectivity index (χ1n) is 12.5. The molecule has 0 unspecified atom stereocenters. The monoisotopic (exact) mass is 504 g/mol. The number of unbranched alkanes of at least 4 members (excludes halogenated alkanes) is 1. The van der Waals surface area contributed by atoms with Gasteiger partial charge >= 0.3 is 0 Å². The van der Waals surface area contributed by atoms with Gasteiger partial charge in [-0.3, -0.25) is 9.59 Å². The molecule has 0 saturated heterocycles. The molecule has 0 aliphatic heterocycles. The van der Waals surface area contributed by atoms with Crippen LogP contribution in [0, 0.1) is 0 Å². The van der Waals surface area contributed by atoms with Crippen molar-refractivity contribution in [2.24, 2.45) is 0 Å². The fraction of sp³-hybridized carbons (Fsp3) is 0.333. The molecule has 2 amide bonds. The lowest BCUT2D eigenvalue weighted by molar-refractivity contribution is -0.139. The standard InChI is InChI=1S/C30H36N2O3S/c1-3-4-19-31-30(34)28(20-24-11-7-5-8-12-24)32(21-25-13-9-6-10-14-25)29(33)23-36-22-26-15-17-27(35-2)18-16-26/h5-18,28H,3-4,19-23H2,1-2H3,(H,31,34)/t28-/m0/s1. The molecule has 3 rings (SSSR count). The average Bonchev–Trinajstić information content (AvgIpc) is 2.92. The number of hydrogen-bond acceptors (Lipinski definition) is 4. The second-order valence-electron chi connectivity index (χ2n) is 8.70. The maximum Gasteiger partial charge on any atom is 0.243 e. The van der Waals surface area contributed by atoms with Crippen molar-refractivity contribution in [2.45, 2.75) is 44.5 Å². The van der Waals surface area contributed by atoms with Crippen molar-refractivity contribution >= 4 is 23.6 Å². The Morgan fingerprint density at radius 1 is 0.889 bits per heavy atom. The number of hydrogen-bond donors (Lipinski definition) is 1. The molecule has 3 aromatic rings. The summed E-state index contributed by atoms with van der Waals surface area (Å²) in [6.45, 7) is 3.10. The summed E-state index contributed by atoms with van der Waals surface area (Å²) < 4.78 is 5.23. The highest BCUT2D eigenvalue weighted by Crippen LogP contribution is 2.20. The molecule has 0 saturated carbocycles. The summed E-state index contributed by atoms with van der Waals surface area (Å²) in [5.41, 5.74) is 3.16. The number of carbonyl (C=O) groups is 2. The number of methoxy groups -OCH3 is 1. The Labute approximate surface area is 219 Å². The van der Waals surface area contributed by atoms with Crippen LogP contribution in [0.5, 0.6) is 5.75 Å². The minimum Gasteiger partial charge on any atom is -0.497 e. The van der Waals surface area contributed by atoms with E-state index in [0.717, 1.165) is 35.3 Å². The first kappa shape index (κ1) is 27.3. The molecule has 0 spiro atoms. The summed E-state index contributed by atoms with van der Waals surface area (Å²) in [7, 11) is 1.65. The van der Waals surface area contributed by atoms with Crippen LogP contribution in [-0.4, -0.2) is 42.2 Å². The molecule has 0 bridgehead atoms. The largest absolute Gasteiger partial charge is 0.497 e. The van der Waals surface area contributed by atoms with Gasteiger partial charge in [0, 0.05) is 25.3 Å². The number of thioether (sulfide) groups is 1. The Bertz CT molecular complexity index is 1060. The zero-order valence-corrected chi connectivity index (χ0v) is 22.0. The van der Waals surface area contributed by atoms with Crippen LogP contribution < -0.4 is 10.1 Å². The minimum atomic E-state index is -0.585. The van der Waals surface area contributed by atoms with E-state index in [0.29, 0.717) is 31.0 Å². The molecule has 3 aromatic carbocycles. The molecule has 0 fully saturated rings. The topological polar surface area (TPSA) is 58.6 Å². The molecule has 6 heteroatoms. The summed E-state index contributed by atoms with van der Waals surface area (Å²) in [6, 6.07) is 27.1. The predicted molar refractivity (Wildman–Crippen MR) is 148 cm³/mol. The van der Waals surface area contributed by atoms with Gasteiger partial charge < -0.3 is 15.0 Å². The molecule has 36 heavy (non-hydrogen) atoms. The molecule has 1 atom stereocenters. The quantitative estimate of drug-likeness (QED) is 0.295. The van der Waals surface area contributed by atoms with E-state index in [1.54, 1.807) is 23.8 Å². The zero-order chi connectivity index (χ0) is 25.6. The molecule has 0 heterocycles. The van der Waals surface area contributed by atoms with Gasteiger partial charge in [-0.05, 0) is 35.2 Å². The van der Waals surface area contributed by atoms with Gasteiger partial charge in [-0.25, -0.2) is 0 Å². The molecule has 0 aliphatic rings. The number of benzene rings is 3. The van der Waals surface area contributed by atoms with Crippen molar-refractivity contribution in [1.29, 1.82) is 0 Å². The van der Waals surface area contributed by atoms with Crippen molar-refractivity contribution in [1.82, 2.24) is 10.2 Å². The molecular formula is C30H36N2O3S. The van der Waals surface area contributed by atoms with Gasteiger partial charge in [0.1, 0.15) is 11.8 Å². The van der Waals surface area contributed by atoms with Crippen LogP contribution >= 0.6 is 11.8 Å². The highest BCUT2D eigenvalue weighted by Gasteiger charge is 2.30. The van der Waals surface area contributed by atoms with Crippen molar-refractivity contribution in [2.75, 3.05) is 19.4 Å².